The van der Waals surface area contributed by atoms with Crippen LogP contribution >= 0.6 is 11.6 Å². The van der Waals surface area contributed by atoms with Gasteiger partial charge in [0.25, 0.3) is 5.91 Å². The number of halogens is 2. The van der Waals surface area contributed by atoms with Crippen LogP contribution in [0.3, 0.4) is 0 Å². The fraction of sp³-hybridized carbons (Fsp3) is 0.364. The van der Waals surface area contributed by atoms with Gasteiger partial charge in [-0.3, -0.25) is 9.69 Å². The van der Waals surface area contributed by atoms with Gasteiger partial charge in [-0.25, -0.2) is 9.18 Å². The summed E-state index contributed by atoms with van der Waals surface area (Å²) in [4.78, 5) is 25.6. The van der Waals surface area contributed by atoms with Gasteiger partial charge in [0.2, 0.25) is 0 Å². The predicted octanol–water partition coefficient (Wildman–Crippen LogP) is 3.77. The predicted molar refractivity (Wildman–Crippen MR) is 120 cm³/mol. The van der Waals surface area contributed by atoms with E-state index in [4.69, 9.17) is 22.1 Å². The van der Waals surface area contributed by atoms with Crippen molar-refractivity contribution in [2.75, 3.05) is 25.0 Å². The van der Waals surface area contributed by atoms with Crippen LogP contribution in [0.5, 0.6) is 5.75 Å². The van der Waals surface area contributed by atoms with Gasteiger partial charge in [-0.15, -0.1) is 0 Å². The second kappa shape index (κ2) is 11.5. The summed E-state index contributed by atoms with van der Waals surface area (Å²) in [5.41, 5.74) is 6.51. The lowest BCUT2D eigenvalue weighted by atomic mass is 10.0. The minimum atomic E-state index is -0.751. The van der Waals surface area contributed by atoms with Crippen molar-refractivity contribution >= 4 is 29.2 Å². The third-order valence-corrected chi connectivity index (χ3v) is 5.07. The van der Waals surface area contributed by atoms with E-state index in [0.29, 0.717) is 16.5 Å². The lowest BCUT2D eigenvalue weighted by Crippen LogP contribution is -2.45. The zero-order valence-corrected chi connectivity index (χ0v) is 17.1. The number of nitrogens with two attached hydrogens (primary N) is 1. The highest BCUT2D eigenvalue weighted by molar-refractivity contribution is 6.31. The molecule has 1 saturated heterocycles. The molecule has 0 aliphatic carbocycles. The zero-order valence-electron chi connectivity index (χ0n) is 16.4. The minimum Gasteiger partial charge on any atom is -0.482 e. The molecule has 0 radical (unpaired) electrons. The molecule has 2 aromatic rings. The Hall–Kier alpha value is -2.84. The first-order chi connectivity index (χ1) is 14.4. The average Bonchev–Trinajstić information content (AvgIpc) is 2.70. The molecule has 0 bridgehead atoms. The maximum Gasteiger partial charge on any atom is 0.316 e. The monoisotopic (exact) mass is 450 g/mol. The van der Waals surface area contributed by atoms with Gasteiger partial charge in [-0.05, 0) is 48.7 Å². The number of urea groups is 1. The molecule has 1 fully saturated rings. The Kier molecular flexibility index (Phi) is 9.08. The molecule has 4 N–H and O–H groups in total. The van der Waals surface area contributed by atoms with Crippen LogP contribution in [0.25, 0.3) is 0 Å². The van der Waals surface area contributed by atoms with Gasteiger partial charge in [-0.1, -0.05) is 31.2 Å². The maximum absolute atomic E-state index is 13.0. The Balaban J connectivity index is 0.00000341. The van der Waals surface area contributed by atoms with Crippen molar-refractivity contribution in [3.05, 3.63) is 58.9 Å². The Morgan fingerprint density at radius 2 is 1.84 bits per heavy atom. The summed E-state index contributed by atoms with van der Waals surface area (Å²) in [6, 6.07) is 10.5. The molecule has 0 spiro atoms. The van der Waals surface area contributed by atoms with Crippen molar-refractivity contribution in [1.82, 2.24) is 10.2 Å². The van der Waals surface area contributed by atoms with Crippen LogP contribution in [0.4, 0.5) is 14.9 Å². The number of ether oxygens (including phenoxy) is 1. The highest BCUT2D eigenvalue weighted by Crippen LogP contribution is 2.28. The van der Waals surface area contributed by atoms with Crippen molar-refractivity contribution in [3.63, 3.8) is 0 Å². The number of likely N-dealkylation sites (tertiary alicyclic amines) is 1. The molecule has 31 heavy (non-hydrogen) atoms. The van der Waals surface area contributed by atoms with E-state index in [-0.39, 0.29) is 31.8 Å². The first kappa shape index (κ1) is 24.4. The number of hydrogen-bond donors (Lipinski definition) is 3. The lowest BCUT2D eigenvalue weighted by molar-refractivity contribution is -0.124. The number of nitrogens with one attached hydrogen (secondary N) is 2. The van der Waals surface area contributed by atoms with Crippen LogP contribution in [-0.2, 0) is 11.3 Å². The van der Waals surface area contributed by atoms with Crippen LogP contribution in [0.2, 0.25) is 5.02 Å². The van der Waals surface area contributed by atoms with E-state index in [9.17, 15) is 14.0 Å². The third-order valence-electron chi connectivity index (χ3n) is 4.83. The van der Waals surface area contributed by atoms with E-state index in [0.717, 1.165) is 38.0 Å². The van der Waals surface area contributed by atoms with Crippen molar-refractivity contribution in [1.29, 1.82) is 0 Å². The number of rotatable bonds is 7. The number of piperidine rings is 1. The van der Waals surface area contributed by atoms with E-state index in [1.807, 2.05) is 0 Å². The van der Waals surface area contributed by atoms with Crippen molar-refractivity contribution in [3.8, 4) is 5.75 Å². The number of benzene rings is 2. The van der Waals surface area contributed by atoms with Crippen molar-refractivity contribution in [2.45, 2.75) is 32.9 Å². The topological polar surface area (TPSA) is 96.7 Å². The minimum absolute atomic E-state index is 0. The molecule has 7 nitrogen and oxygen atoms in total. The molecular weight excluding hydrogens is 423 g/mol. The van der Waals surface area contributed by atoms with Crippen molar-refractivity contribution in [2.24, 2.45) is 5.73 Å². The van der Waals surface area contributed by atoms with Gasteiger partial charge in [0.05, 0.1) is 5.69 Å². The Morgan fingerprint density at radius 1 is 1.16 bits per heavy atom. The van der Waals surface area contributed by atoms with Crippen LogP contribution in [-0.4, -0.2) is 42.6 Å². The van der Waals surface area contributed by atoms with Gasteiger partial charge >= 0.3 is 6.03 Å². The maximum atomic E-state index is 13.0. The summed E-state index contributed by atoms with van der Waals surface area (Å²) in [6.07, 6.45) is 1.64. The normalized spacial score (nSPS) is 14.4. The van der Waals surface area contributed by atoms with E-state index >= 15 is 0 Å². The molecule has 168 valence electrons. The molecule has 2 aromatic carbocycles. The summed E-state index contributed by atoms with van der Waals surface area (Å²) in [5, 5.41) is 5.80. The quantitative estimate of drug-likeness (QED) is 0.598. The van der Waals surface area contributed by atoms with Crippen LogP contribution in [0, 0.1) is 5.82 Å². The molecule has 3 rings (SSSR count). The third kappa shape index (κ3) is 7.73. The largest absolute Gasteiger partial charge is 0.482 e. The molecule has 0 unspecified atom stereocenters. The van der Waals surface area contributed by atoms with Gasteiger partial charge < -0.3 is 21.1 Å². The molecule has 1 aliphatic rings. The second-order valence-corrected chi connectivity index (χ2v) is 7.60. The molecule has 9 heteroatoms. The molecule has 0 atom stereocenters. The Labute approximate surface area is 186 Å². The molecule has 3 amide bonds. The number of amides is 3. The van der Waals surface area contributed by atoms with Crippen LogP contribution in [0.1, 0.15) is 25.8 Å². The number of hydrogen-bond acceptors (Lipinski definition) is 4. The fourth-order valence-corrected chi connectivity index (χ4v) is 3.53. The molecule has 1 aliphatic heterocycles. The number of nitrogens with zero attached hydrogens (tertiary/aromatic N) is 1. The smallest absolute Gasteiger partial charge is 0.316 e. The lowest BCUT2D eigenvalue weighted by Gasteiger charge is -2.32. The molecule has 1 heterocycles. The zero-order chi connectivity index (χ0) is 21.5. The first-order valence-corrected chi connectivity index (χ1v) is 10.0. The van der Waals surface area contributed by atoms with E-state index in [2.05, 4.69) is 15.5 Å². The van der Waals surface area contributed by atoms with Gasteiger partial charge in [0.15, 0.2) is 6.61 Å². The summed E-state index contributed by atoms with van der Waals surface area (Å²) < 4.78 is 18.5. The van der Waals surface area contributed by atoms with E-state index in [1.165, 1.54) is 18.2 Å². The first-order valence-electron chi connectivity index (χ1n) is 9.64. The standard InChI is InChI=1S/C21H24ClFN4O3.CH4/c22-15-3-6-19(18(11-15)26-21(24)29)30-13-20(28)25-17-7-9-27(10-8-17)12-14-1-4-16(23)5-2-14;/h1-6,11,17H,7-10,12-13H2,(H,25,28)(H3,24,26,29);1H4. The molecule has 0 saturated carbocycles. The summed E-state index contributed by atoms with van der Waals surface area (Å²) in [5.74, 6) is -0.173. The highest BCUT2D eigenvalue weighted by atomic mass is 35.5. The number of carbonyl (C=O) groups excluding carboxylic acids is 2. The van der Waals surface area contributed by atoms with Crippen molar-refractivity contribution < 1.29 is 18.7 Å². The molecular formula is C22H28ClFN4O3. The van der Waals surface area contributed by atoms with Gasteiger partial charge in [0, 0.05) is 30.7 Å². The van der Waals surface area contributed by atoms with E-state index < -0.39 is 6.03 Å². The number of carbonyl (C=O) groups is 2. The van der Waals surface area contributed by atoms with Gasteiger partial charge in [-0.2, -0.15) is 0 Å². The fourth-order valence-electron chi connectivity index (χ4n) is 3.35. The summed E-state index contributed by atoms with van der Waals surface area (Å²) in [7, 11) is 0. The Bertz CT molecular complexity index is 887. The van der Waals surface area contributed by atoms with Crippen LogP contribution < -0.4 is 21.1 Å². The SMILES string of the molecule is C.NC(=O)Nc1cc(Cl)ccc1OCC(=O)NC1CCN(Cc2ccc(F)cc2)CC1. The van der Waals surface area contributed by atoms with Gasteiger partial charge in [0.1, 0.15) is 11.6 Å². The summed E-state index contributed by atoms with van der Waals surface area (Å²) >= 11 is 5.91. The van der Waals surface area contributed by atoms with Crippen LogP contribution in [0.15, 0.2) is 42.5 Å². The molecule has 0 aromatic heterocycles. The number of anilines is 1. The highest BCUT2D eigenvalue weighted by Gasteiger charge is 2.21. The average molecular weight is 451 g/mol. The second-order valence-electron chi connectivity index (χ2n) is 7.16. The van der Waals surface area contributed by atoms with E-state index in [1.54, 1.807) is 24.3 Å². The summed E-state index contributed by atoms with van der Waals surface area (Å²) in [6.45, 7) is 2.25. The Morgan fingerprint density at radius 3 is 2.48 bits per heavy atom. The number of primary amides is 1.